The van der Waals surface area contributed by atoms with Crippen LogP contribution in [-0.4, -0.2) is 63.9 Å². The Morgan fingerprint density at radius 1 is 1.26 bits per heavy atom. The number of benzene rings is 1. The molecule has 144 valence electrons. The fraction of sp³-hybridized carbons (Fsp3) is 0.450. The molecule has 1 unspecified atom stereocenters. The molecule has 2 amide bonds. The molecule has 1 aliphatic rings. The van der Waals surface area contributed by atoms with E-state index in [-0.39, 0.29) is 31.4 Å². The molecule has 7 heteroatoms. The first-order chi connectivity index (χ1) is 12.9. The van der Waals surface area contributed by atoms with E-state index in [2.05, 4.69) is 0 Å². The van der Waals surface area contributed by atoms with Crippen molar-refractivity contribution in [3.05, 3.63) is 36.0 Å². The summed E-state index contributed by atoms with van der Waals surface area (Å²) in [5, 5.41) is 10.2. The van der Waals surface area contributed by atoms with E-state index < -0.39 is 11.9 Å². The van der Waals surface area contributed by atoms with Crippen LogP contribution in [-0.2, 0) is 20.9 Å². The summed E-state index contributed by atoms with van der Waals surface area (Å²) in [5.74, 6) is -1.74. The summed E-state index contributed by atoms with van der Waals surface area (Å²) >= 11 is 0. The van der Waals surface area contributed by atoms with Gasteiger partial charge in [0.15, 0.2) is 0 Å². The Hall–Kier alpha value is -2.83. The number of hydrogen-bond donors (Lipinski definition) is 1. The van der Waals surface area contributed by atoms with Gasteiger partial charge in [0.1, 0.15) is 6.54 Å². The van der Waals surface area contributed by atoms with Crippen LogP contribution in [0.15, 0.2) is 30.3 Å². The van der Waals surface area contributed by atoms with Gasteiger partial charge < -0.3 is 19.5 Å². The van der Waals surface area contributed by atoms with E-state index in [0.717, 1.165) is 16.6 Å². The lowest BCUT2D eigenvalue weighted by molar-refractivity contribution is -0.147. The molecule has 1 fully saturated rings. The Balaban J connectivity index is 1.62. The van der Waals surface area contributed by atoms with Crippen molar-refractivity contribution in [1.82, 2.24) is 14.4 Å². The molecule has 1 saturated heterocycles. The number of carbonyl (C=O) groups excluding carboxylic acids is 2. The molecule has 0 bridgehead atoms. The lowest BCUT2D eigenvalue weighted by Gasteiger charge is -2.32. The second kappa shape index (κ2) is 7.82. The predicted octanol–water partition coefficient (Wildman–Crippen LogP) is 1.73. The summed E-state index contributed by atoms with van der Waals surface area (Å²) in [6, 6.07) is 9.91. The zero-order valence-electron chi connectivity index (χ0n) is 15.7. The number of carboxylic acids is 1. The summed E-state index contributed by atoms with van der Waals surface area (Å²) in [6.07, 6.45) is 1.27. The topological polar surface area (TPSA) is 82.9 Å². The minimum Gasteiger partial charge on any atom is -0.481 e. The highest BCUT2D eigenvalue weighted by Gasteiger charge is 2.29. The van der Waals surface area contributed by atoms with Gasteiger partial charge in [-0.3, -0.25) is 14.4 Å². The summed E-state index contributed by atoms with van der Waals surface area (Å²) in [4.78, 5) is 39.3. The monoisotopic (exact) mass is 371 g/mol. The van der Waals surface area contributed by atoms with Crippen LogP contribution in [0, 0.1) is 12.8 Å². The first-order valence-electron chi connectivity index (χ1n) is 9.16. The van der Waals surface area contributed by atoms with Crippen molar-refractivity contribution in [1.29, 1.82) is 0 Å². The van der Waals surface area contributed by atoms with Gasteiger partial charge >= 0.3 is 5.97 Å². The third-order valence-corrected chi connectivity index (χ3v) is 5.23. The summed E-state index contributed by atoms with van der Waals surface area (Å²) < 4.78 is 1.94. The SMILES string of the molecule is Cc1cc2ccccc2n1CC(=O)N(C)CC(=O)N1CCCC(C(=O)O)C1. The van der Waals surface area contributed by atoms with E-state index in [1.165, 1.54) is 4.90 Å². The zero-order valence-corrected chi connectivity index (χ0v) is 15.7. The van der Waals surface area contributed by atoms with Gasteiger partial charge in [0.05, 0.1) is 12.5 Å². The minimum absolute atomic E-state index is 0.0383. The maximum absolute atomic E-state index is 12.6. The molecule has 0 aliphatic carbocycles. The average molecular weight is 371 g/mol. The van der Waals surface area contributed by atoms with Crippen LogP contribution in [0.2, 0.25) is 0 Å². The van der Waals surface area contributed by atoms with Crippen molar-refractivity contribution in [2.24, 2.45) is 5.92 Å². The number of nitrogens with zero attached hydrogens (tertiary/aromatic N) is 3. The molecule has 1 atom stereocenters. The molecule has 1 N–H and O–H groups in total. The number of aromatic nitrogens is 1. The first-order valence-corrected chi connectivity index (χ1v) is 9.16. The van der Waals surface area contributed by atoms with Crippen molar-refractivity contribution in [3.63, 3.8) is 0 Å². The van der Waals surface area contributed by atoms with Crippen LogP contribution < -0.4 is 0 Å². The first kappa shape index (κ1) is 18.9. The van der Waals surface area contributed by atoms with Gasteiger partial charge in [0.2, 0.25) is 11.8 Å². The molecule has 27 heavy (non-hydrogen) atoms. The highest BCUT2D eigenvalue weighted by atomic mass is 16.4. The van der Waals surface area contributed by atoms with E-state index in [1.807, 2.05) is 41.8 Å². The maximum atomic E-state index is 12.6. The third kappa shape index (κ3) is 4.13. The molecular weight excluding hydrogens is 346 g/mol. The minimum atomic E-state index is -0.869. The normalized spacial score (nSPS) is 17.1. The van der Waals surface area contributed by atoms with Gasteiger partial charge in [-0.1, -0.05) is 18.2 Å². The van der Waals surface area contributed by atoms with Crippen LogP contribution in [0.4, 0.5) is 0 Å². The van der Waals surface area contributed by atoms with Gasteiger partial charge in [-0.15, -0.1) is 0 Å². The van der Waals surface area contributed by atoms with Gasteiger partial charge in [0, 0.05) is 31.3 Å². The Kier molecular flexibility index (Phi) is 5.48. The second-order valence-corrected chi connectivity index (χ2v) is 7.20. The van der Waals surface area contributed by atoms with E-state index in [1.54, 1.807) is 11.9 Å². The number of likely N-dealkylation sites (N-methyl/N-ethyl adjacent to an activating group) is 1. The Morgan fingerprint density at radius 2 is 2.00 bits per heavy atom. The number of hydrogen-bond acceptors (Lipinski definition) is 3. The number of likely N-dealkylation sites (tertiary alicyclic amines) is 1. The van der Waals surface area contributed by atoms with Crippen molar-refractivity contribution < 1.29 is 19.5 Å². The largest absolute Gasteiger partial charge is 0.481 e. The molecule has 0 spiro atoms. The number of para-hydroxylation sites is 1. The number of carbonyl (C=O) groups is 3. The third-order valence-electron chi connectivity index (χ3n) is 5.23. The quantitative estimate of drug-likeness (QED) is 0.868. The van der Waals surface area contributed by atoms with E-state index in [0.29, 0.717) is 19.4 Å². The number of aryl methyl sites for hydroxylation is 1. The number of piperidine rings is 1. The van der Waals surface area contributed by atoms with E-state index in [9.17, 15) is 14.4 Å². The molecule has 1 aliphatic heterocycles. The van der Waals surface area contributed by atoms with Gasteiger partial charge in [-0.25, -0.2) is 0 Å². The van der Waals surface area contributed by atoms with E-state index >= 15 is 0 Å². The van der Waals surface area contributed by atoms with Crippen LogP contribution in [0.3, 0.4) is 0 Å². The van der Waals surface area contributed by atoms with Gasteiger partial charge in [-0.2, -0.15) is 0 Å². The van der Waals surface area contributed by atoms with Crippen molar-refractivity contribution in [2.45, 2.75) is 26.3 Å². The van der Waals surface area contributed by atoms with Crippen molar-refractivity contribution in [3.8, 4) is 0 Å². The predicted molar refractivity (Wildman–Crippen MR) is 101 cm³/mol. The average Bonchev–Trinajstić information content (AvgIpc) is 2.97. The van der Waals surface area contributed by atoms with Crippen molar-refractivity contribution >= 4 is 28.7 Å². The van der Waals surface area contributed by atoms with Crippen molar-refractivity contribution in [2.75, 3.05) is 26.7 Å². The summed E-state index contributed by atoms with van der Waals surface area (Å²) in [5.41, 5.74) is 1.98. The Bertz CT molecular complexity index is 873. The van der Waals surface area contributed by atoms with E-state index in [4.69, 9.17) is 5.11 Å². The fourth-order valence-electron chi connectivity index (χ4n) is 3.61. The number of carboxylic acid groups (broad SMARTS) is 1. The van der Waals surface area contributed by atoms with Gasteiger partial charge in [0.25, 0.3) is 0 Å². The number of fused-ring (bicyclic) bond motifs is 1. The summed E-state index contributed by atoms with van der Waals surface area (Å²) in [6.45, 7) is 2.85. The standard InChI is InChI=1S/C20H25N3O4/c1-14-10-15-6-3-4-8-17(15)23(14)13-18(24)21(2)12-19(25)22-9-5-7-16(11-22)20(26)27/h3-4,6,8,10,16H,5,7,9,11-13H2,1-2H3,(H,26,27). The van der Waals surface area contributed by atoms with Crippen LogP contribution in [0.25, 0.3) is 10.9 Å². The number of amides is 2. The molecular formula is C20H25N3O4. The lowest BCUT2D eigenvalue weighted by atomic mass is 9.98. The lowest BCUT2D eigenvalue weighted by Crippen LogP contribution is -2.47. The molecule has 0 saturated carbocycles. The number of rotatable bonds is 5. The van der Waals surface area contributed by atoms with Crippen LogP contribution in [0.1, 0.15) is 18.5 Å². The second-order valence-electron chi connectivity index (χ2n) is 7.20. The van der Waals surface area contributed by atoms with Crippen LogP contribution >= 0.6 is 0 Å². The molecule has 0 radical (unpaired) electrons. The fourth-order valence-corrected chi connectivity index (χ4v) is 3.61. The molecule has 3 rings (SSSR count). The smallest absolute Gasteiger partial charge is 0.308 e. The van der Waals surface area contributed by atoms with Gasteiger partial charge in [-0.05, 0) is 37.3 Å². The summed E-state index contributed by atoms with van der Waals surface area (Å²) in [7, 11) is 1.61. The maximum Gasteiger partial charge on any atom is 0.308 e. The zero-order chi connectivity index (χ0) is 19.6. The van der Waals surface area contributed by atoms with Crippen LogP contribution in [0.5, 0.6) is 0 Å². The molecule has 7 nitrogen and oxygen atoms in total. The molecule has 2 heterocycles. The molecule has 1 aromatic carbocycles. The molecule has 2 aromatic rings. The highest BCUT2D eigenvalue weighted by Crippen LogP contribution is 2.20. The highest BCUT2D eigenvalue weighted by molar-refractivity contribution is 5.87. The number of aliphatic carboxylic acids is 1. The Morgan fingerprint density at radius 3 is 2.74 bits per heavy atom. The molecule has 1 aromatic heterocycles. The Labute approximate surface area is 158 Å².